The van der Waals surface area contributed by atoms with Gasteiger partial charge in [-0.25, -0.2) is 4.98 Å². The van der Waals surface area contributed by atoms with Crippen molar-refractivity contribution in [2.45, 2.75) is 52.5 Å². The van der Waals surface area contributed by atoms with Gasteiger partial charge in [-0.2, -0.15) is 0 Å². The van der Waals surface area contributed by atoms with Gasteiger partial charge in [-0.1, -0.05) is 13.8 Å². The number of rotatable bonds is 5. The van der Waals surface area contributed by atoms with Crippen molar-refractivity contribution in [2.24, 2.45) is 5.92 Å². The summed E-state index contributed by atoms with van der Waals surface area (Å²) < 4.78 is 2.01. The van der Waals surface area contributed by atoms with Gasteiger partial charge in [0.1, 0.15) is 6.54 Å². The SMILES string of the molecule is CC(C)CCNC(=O)Cn1cnc2c1CCCC2. The molecule has 0 radical (unpaired) electrons. The lowest BCUT2D eigenvalue weighted by molar-refractivity contribution is -0.121. The molecule has 2 rings (SSSR count). The highest BCUT2D eigenvalue weighted by molar-refractivity contribution is 5.75. The van der Waals surface area contributed by atoms with Crippen LogP contribution in [0.25, 0.3) is 0 Å². The molecule has 1 N–H and O–H groups in total. The van der Waals surface area contributed by atoms with Crippen LogP contribution in [0, 0.1) is 5.92 Å². The number of carbonyl (C=O) groups excluding carboxylic acids is 1. The minimum Gasteiger partial charge on any atom is -0.355 e. The van der Waals surface area contributed by atoms with E-state index in [2.05, 4.69) is 24.1 Å². The van der Waals surface area contributed by atoms with Gasteiger partial charge in [0, 0.05) is 12.2 Å². The zero-order valence-corrected chi connectivity index (χ0v) is 11.4. The zero-order valence-electron chi connectivity index (χ0n) is 11.4. The summed E-state index contributed by atoms with van der Waals surface area (Å²) in [6.07, 6.45) is 7.43. The fourth-order valence-corrected chi connectivity index (χ4v) is 2.38. The first-order valence-electron chi connectivity index (χ1n) is 6.96. The number of amides is 1. The normalized spacial score (nSPS) is 14.6. The number of aromatic nitrogens is 2. The Bertz CT molecular complexity index is 409. The van der Waals surface area contributed by atoms with Gasteiger partial charge in [-0.15, -0.1) is 0 Å². The maximum Gasteiger partial charge on any atom is 0.239 e. The number of hydrogen-bond donors (Lipinski definition) is 1. The molecule has 100 valence electrons. The van der Waals surface area contributed by atoms with Crippen molar-refractivity contribution in [3.05, 3.63) is 17.7 Å². The summed E-state index contributed by atoms with van der Waals surface area (Å²) in [7, 11) is 0. The lowest BCUT2D eigenvalue weighted by Crippen LogP contribution is -2.29. The van der Waals surface area contributed by atoms with Gasteiger partial charge in [0.05, 0.1) is 12.0 Å². The average molecular weight is 249 g/mol. The molecule has 0 spiro atoms. The summed E-state index contributed by atoms with van der Waals surface area (Å²) in [5.74, 6) is 0.729. The molecule has 4 heteroatoms. The summed E-state index contributed by atoms with van der Waals surface area (Å²) in [6, 6.07) is 0. The van der Waals surface area contributed by atoms with Gasteiger partial charge >= 0.3 is 0 Å². The van der Waals surface area contributed by atoms with Gasteiger partial charge in [0.2, 0.25) is 5.91 Å². The number of imidazole rings is 1. The molecule has 0 aromatic carbocycles. The van der Waals surface area contributed by atoms with Crippen molar-refractivity contribution in [1.29, 1.82) is 0 Å². The fourth-order valence-electron chi connectivity index (χ4n) is 2.38. The van der Waals surface area contributed by atoms with Gasteiger partial charge in [-0.3, -0.25) is 4.79 Å². The van der Waals surface area contributed by atoms with E-state index in [1.165, 1.54) is 24.2 Å². The Morgan fingerprint density at radius 2 is 2.22 bits per heavy atom. The van der Waals surface area contributed by atoms with Crippen LogP contribution in [-0.4, -0.2) is 22.0 Å². The second-order valence-electron chi connectivity index (χ2n) is 5.51. The maximum atomic E-state index is 11.8. The summed E-state index contributed by atoms with van der Waals surface area (Å²) in [5, 5.41) is 2.97. The van der Waals surface area contributed by atoms with E-state index >= 15 is 0 Å². The first kappa shape index (κ1) is 13.1. The van der Waals surface area contributed by atoms with E-state index in [0.717, 1.165) is 25.8 Å². The largest absolute Gasteiger partial charge is 0.355 e. The standard InChI is InChI=1S/C14H23N3O/c1-11(2)7-8-15-14(18)9-17-10-16-12-5-3-4-6-13(12)17/h10-11H,3-9H2,1-2H3,(H,15,18). The minimum absolute atomic E-state index is 0.0985. The van der Waals surface area contributed by atoms with Crippen LogP contribution in [0.4, 0.5) is 0 Å². The molecular formula is C14H23N3O. The lowest BCUT2D eigenvalue weighted by atomic mass is 10.0. The smallest absolute Gasteiger partial charge is 0.239 e. The highest BCUT2D eigenvalue weighted by Crippen LogP contribution is 2.19. The van der Waals surface area contributed by atoms with Crippen molar-refractivity contribution in [1.82, 2.24) is 14.9 Å². The van der Waals surface area contributed by atoms with Crippen LogP contribution < -0.4 is 5.32 Å². The highest BCUT2D eigenvalue weighted by Gasteiger charge is 2.16. The second-order valence-corrected chi connectivity index (χ2v) is 5.51. The third-order valence-corrected chi connectivity index (χ3v) is 3.47. The Balaban J connectivity index is 1.85. The van der Waals surface area contributed by atoms with Crippen molar-refractivity contribution >= 4 is 5.91 Å². The van der Waals surface area contributed by atoms with Gasteiger partial charge in [0.25, 0.3) is 0 Å². The zero-order chi connectivity index (χ0) is 13.0. The maximum absolute atomic E-state index is 11.8. The van der Waals surface area contributed by atoms with Crippen LogP contribution in [0.5, 0.6) is 0 Å². The van der Waals surface area contributed by atoms with Crippen LogP contribution in [-0.2, 0) is 24.2 Å². The molecule has 1 aliphatic carbocycles. The third kappa shape index (κ3) is 3.34. The van der Waals surface area contributed by atoms with E-state index in [-0.39, 0.29) is 5.91 Å². The predicted octanol–water partition coefficient (Wildman–Crippen LogP) is 1.92. The monoisotopic (exact) mass is 249 g/mol. The van der Waals surface area contributed by atoms with E-state index < -0.39 is 0 Å². The Morgan fingerprint density at radius 3 is 3.00 bits per heavy atom. The minimum atomic E-state index is 0.0985. The molecule has 1 heterocycles. The average Bonchev–Trinajstić information content (AvgIpc) is 2.72. The molecule has 0 saturated heterocycles. The number of nitrogens with one attached hydrogen (secondary N) is 1. The van der Waals surface area contributed by atoms with E-state index in [1.54, 1.807) is 0 Å². The third-order valence-electron chi connectivity index (χ3n) is 3.47. The molecule has 0 atom stereocenters. The summed E-state index contributed by atoms with van der Waals surface area (Å²) in [5.41, 5.74) is 2.46. The van der Waals surface area contributed by atoms with Gasteiger partial charge < -0.3 is 9.88 Å². The number of fused-ring (bicyclic) bond motifs is 1. The molecule has 0 bridgehead atoms. The van der Waals surface area contributed by atoms with E-state index in [9.17, 15) is 4.79 Å². The molecular weight excluding hydrogens is 226 g/mol. The number of aryl methyl sites for hydroxylation is 1. The molecule has 4 nitrogen and oxygen atoms in total. The molecule has 0 fully saturated rings. The molecule has 1 aliphatic rings. The van der Waals surface area contributed by atoms with Crippen molar-refractivity contribution < 1.29 is 4.79 Å². The Hall–Kier alpha value is -1.32. The first-order valence-corrected chi connectivity index (χ1v) is 6.96. The van der Waals surface area contributed by atoms with E-state index in [1.807, 2.05) is 10.9 Å². The first-order chi connectivity index (χ1) is 8.66. The predicted molar refractivity (Wildman–Crippen MR) is 71.3 cm³/mol. The number of nitrogens with zero attached hydrogens (tertiary/aromatic N) is 2. The van der Waals surface area contributed by atoms with Crippen LogP contribution >= 0.6 is 0 Å². The second kappa shape index (κ2) is 6.03. The quantitative estimate of drug-likeness (QED) is 0.866. The van der Waals surface area contributed by atoms with Gasteiger partial charge in [-0.05, 0) is 38.0 Å². The molecule has 0 saturated carbocycles. The van der Waals surface area contributed by atoms with Crippen LogP contribution in [0.2, 0.25) is 0 Å². The van der Waals surface area contributed by atoms with Gasteiger partial charge in [0.15, 0.2) is 0 Å². The molecule has 18 heavy (non-hydrogen) atoms. The molecule has 1 aromatic heterocycles. The van der Waals surface area contributed by atoms with E-state index in [0.29, 0.717) is 12.5 Å². The molecule has 1 amide bonds. The van der Waals surface area contributed by atoms with Crippen LogP contribution in [0.3, 0.4) is 0 Å². The highest BCUT2D eigenvalue weighted by atomic mass is 16.1. The Morgan fingerprint density at radius 1 is 1.44 bits per heavy atom. The summed E-state index contributed by atoms with van der Waals surface area (Å²) in [4.78, 5) is 16.2. The van der Waals surface area contributed by atoms with E-state index in [4.69, 9.17) is 0 Å². The number of hydrogen-bond acceptors (Lipinski definition) is 2. The van der Waals surface area contributed by atoms with Crippen LogP contribution in [0.1, 0.15) is 44.5 Å². The molecule has 0 aliphatic heterocycles. The Labute approximate surface area is 109 Å². The number of carbonyl (C=O) groups is 1. The molecule has 0 unspecified atom stereocenters. The topological polar surface area (TPSA) is 46.9 Å². The fraction of sp³-hybridized carbons (Fsp3) is 0.714. The lowest BCUT2D eigenvalue weighted by Gasteiger charge is -2.14. The van der Waals surface area contributed by atoms with Crippen molar-refractivity contribution in [3.8, 4) is 0 Å². The summed E-state index contributed by atoms with van der Waals surface area (Å²) >= 11 is 0. The Kier molecular flexibility index (Phi) is 4.39. The van der Waals surface area contributed by atoms with Crippen molar-refractivity contribution in [3.63, 3.8) is 0 Å². The summed E-state index contributed by atoms with van der Waals surface area (Å²) in [6.45, 7) is 5.52. The van der Waals surface area contributed by atoms with Crippen LogP contribution in [0.15, 0.2) is 6.33 Å². The molecule has 1 aromatic rings. The van der Waals surface area contributed by atoms with Crippen molar-refractivity contribution in [2.75, 3.05) is 6.54 Å².